The van der Waals surface area contributed by atoms with E-state index in [0.717, 1.165) is 47.0 Å². The predicted octanol–water partition coefficient (Wildman–Crippen LogP) is 4.31. The molecule has 1 unspecified atom stereocenters. The smallest absolute Gasteiger partial charge is 0.250 e. The maximum Gasteiger partial charge on any atom is 0.250 e. The van der Waals surface area contributed by atoms with E-state index in [1.807, 2.05) is 53.4 Å². The second kappa shape index (κ2) is 8.57. The first-order valence-electron chi connectivity index (χ1n) is 10.1. The highest BCUT2D eigenvalue weighted by molar-refractivity contribution is 9.10. The molecule has 29 heavy (non-hydrogen) atoms. The summed E-state index contributed by atoms with van der Waals surface area (Å²) in [5, 5.41) is 0. The summed E-state index contributed by atoms with van der Waals surface area (Å²) >= 11 is 3.51. The van der Waals surface area contributed by atoms with Gasteiger partial charge in [0.05, 0.1) is 13.7 Å². The van der Waals surface area contributed by atoms with Gasteiger partial charge in [-0.3, -0.25) is 9.59 Å². The fourth-order valence-electron chi connectivity index (χ4n) is 4.47. The number of halogens is 1. The van der Waals surface area contributed by atoms with E-state index in [2.05, 4.69) is 15.9 Å². The van der Waals surface area contributed by atoms with Crippen LogP contribution in [0.2, 0.25) is 0 Å². The second-order valence-electron chi connectivity index (χ2n) is 7.70. The monoisotopic (exact) mass is 456 g/mol. The summed E-state index contributed by atoms with van der Waals surface area (Å²) in [7, 11) is 1.62. The third-order valence-electron chi connectivity index (χ3n) is 5.92. The van der Waals surface area contributed by atoms with Crippen LogP contribution >= 0.6 is 15.9 Å². The van der Waals surface area contributed by atoms with Crippen molar-refractivity contribution >= 4 is 27.7 Å². The number of carbonyl (C=O) groups excluding carboxylic acids is 2. The molecule has 0 radical (unpaired) electrons. The third kappa shape index (κ3) is 4.04. The molecular weight excluding hydrogens is 432 g/mol. The number of para-hydroxylation sites is 1. The quantitative estimate of drug-likeness (QED) is 0.673. The van der Waals surface area contributed by atoms with Gasteiger partial charge in [-0.15, -0.1) is 0 Å². The molecule has 1 saturated heterocycles. The Kier molecular flexibility index (Phi) is 5.90. The van der Waals surface area contributed by atoms with Crippen molar-refractivity contribution in [1.82, 2.24) is 9.80 Å². The average molecular weight is 457 g/mol. The molecule has 4 rings (SSSR count). The van der Waals surface area contributed by atoms with E-state index >= 15 is 0 Å². The summed E-state index contributed by atoms with van der Waals surface area (Å²) in [5.74, 6) is 0.718. The average Bonchev–Trinajstić information content (AvgIpc) is 3.25. The molecule has 152 valence electrons. The molecule has 0 N–H and O–H groups in total. The Morgan fingerprint density at radius 1 is 1.07 bits per heavy atom. The van der Waals surface area contributed by atoms with Gasteiger partial charge in [-0.25, -0.2) is 0 Å². The minimum atomic E-state index is -0.626. The predicted molar refractivity (Wildman–Crippen MR) is 114 cm³/mol. The topological polar surface area (TPSA) is 49.9 Å². The molecule has 2 aromatic rings. The maximum absolute atomic E-state index is 13.6. The summed E-state index contributed by atoms with van der Waals surface area (Å²) in [6.07, 6.45) is 4.21. The van der Waals surface area contributed by atoms with Gasteiger partial charge in [-0.1, -0.05) is 59.1 Å². The number of rotatable bonds is 5. The lowest BCUT2D eigenvalue weighted by Crippen LogP contribution is -2.57. The van der Waals surface area contributed by atoms with Crippen molar-refractivity contribution in [1.29, 1.82) is 0 Å². The molecule has 6 heteroatoms. The minimum absolute atomic E-state index is 0.0181. The van der Waals surface area contributed by atoms with Crippen LogP contribution in [0.3, 0.4) is 0 Å². The van der Waals surface area contributed by atoms with E-state index in [9.17, 15) is 9.59 Å². The van der Waals surface area contributed by atoms with Crippen molar-refractivity contribution in [2.45, 2.75) is 44.3 Å². The molecule has 1 aliphatic carbocycles. The zero-order valence-corrected chi connectivity index (χ0v) is 18.1. The maximum atomic E-state index is 13.6. The Hall–Kier alpha value is -2.34. The number of benzene rings is 2. The summed E-state index contributed by atoms with van der Waals surface area (Å²) in [4.78, 5) is 30.4. The summed E-state index contributed by atoms with van der Waals surface area (Å²) < 4.78 is 6.36. The molecular formula is C23H25BrN2O3. The Morgan fingerprint density at radius 3 is 2.55 bits per heavy atom. The third-order valence-corrected chi connectivity index (χ3v) is 6.41. The van der Waals surface area contributed by atoms with Crippen LogP contribution in [0.4, 0.5) is 0 Å². The highest BCUT2D eigenvalue weighted by Gasteiger charge is 2.43. The molecule has 2 aromatic carbocycles. The van der Waals surface area contributed by atoms with E-state index in [1.165, 1.54) is 0 Å². The SMILES string of the molecule is COc1ccccc1CN1C(=O)CN(C2CCCC2)C(=O)C1c1cccc(Br)c1. The van der Waals surface area contributed by atoms with Gasteiger partial charge in [0.2, 0.25) is 5.91 Å². The second-order valence-corrected chi connectivity index (χ2v) is 8.61. The number of methoxy groups -OCH3 is 1. The van der Waals surface area contributed by atoms with Gasteiger partial charge in [0.15, 0.2) is 0 Å². The van der Waals surface area contributed by atoms with Gasteiger partial charge in [0.1, 0.15) is 18.3 Å². The Bertz CT molecular complexity index is 911. The lowest BCUT2D eigenvalue weighted by atomic mass is 9.98. The molecule has 1 heterocycles. The van der Waals surface area contributed by atoms with Crippen LogP contribution in [0.25, 0.3) is 0 Å². The lowest BCUT2D eigenvalue weighted by Gasteiger charge is -2.43. The zero-order chi connectivity index (χ0) is 20.4. The number of hydrogen-bond donors (Lipinski definition) is 0. The molecule has 0 spiro atoms. The zero-order valence-electron chi connectivity index (χ0n) is 16.5. The number of piperazine rings is 1. The Labute approximate surface area is 179 Å². The van der Waals surface area contributed by atoms with E-state index < -0.39 is 6.04 Å². The van der Waals surface area contributed by atoms with Crippen LogP contribution in [0.15, 0.2) is 53.0 Å². The van der Waals surface area contributed by atoms with Crippen molar-refractivity contribution in [3.05, 3.63) is 64.1 Å². The number of ether oxygens (including phenoxy) is 1. The van der Waals surface area contributed by atoms with Crippen LogP contribution < -0.4 is 4.74 Å². The summed E-state index contributed by atoms with van der Waals surface area (Å²) in [5.41, 5.74) is 1.72. The van der Waals surface area contributed by atoms with Gasteiger partial charge in [-0.05, 0) is 36.6 Å². The summed E-state index contributed by atoms with van der Waals surface area (Å²) in [6, 6.07) is 14.9. The van der Waals surface area contributed by atoms with Crippen molar-refractivity contribution in [2.24, 2.45) is 0 Å². The van der Waals surface area contributed by atoms with Crippen LogP contribution in [0, 0.1) is 0 Å². The minimum Gasteiger partial charge on any atom is -0.496 e. The fraction of sp³-hybridized carbons (Fsp3) is 0.391. The molecule has 2 amide bonds. The van der Waals surface area contributed by atoms with Gasteiger partial charge >= 0.3 is 0 Å². The van der Waals surface area contributed by atoms with Crippen LogP contribution in [0.5, 0.6) is 5.75 Å². The van der Waals surface area contributed by atoms with Gasteiger partial charge in [0, 0.05) is 16.1 Å². The van der Waals surface area contributed by atoms with Crippen molar-refractivity contribution in [3.8, 4) is 5.75 Å². The van der Waals surface area contributed by atoms with Gasteiger partial charge < -0.3 is 14.5 Å². The van der Waals surface area contributed by atoms with Gasteiger partial charge in [0.25, 0.3) is 5.91 Å². The summed E-state index contributed by atoms with van der Waals surface area (Å²) in [6.45, 7) is 0.493. The van der Waals surface area contributed by atoms with Crippen LogP contribution in [0.1, 0.15) is 42.9 Å². The molecule has 2 fully saturated rings. The Morgan fingerprint density at radius 2 is 1.83 bits per heavy atom. The van der Waals surface area contributed by atoms with Crippen molar-refractivity contribution < 1.29 is 14.3 Å². The fourth-order valence-corrected chi connectivity index (χ4v) is 4.89. The Balaban J connectivity index is 1.71. The molecule has 5 nitrogen and oxygen atoms in total. The van der Waals surface area contributed by atoms with Crippen molar-refractivity contribution in [2.75, 3.05) is 13.7 Å². The van der Waals surface area contributed by atoms with E-state index in [-0.39, 0.29) is 24.4 Å². The number of hydrogen-bond acceptors (Lipinski definition) is 3. The highest BCUT2D eigenvalue weighted by atomic mass is 79.9. The van der Waals surface area contributed by atoms with Crippen LogP contribution in [-0.4, -0.2) is 41.3 Å². The van der Waals surface area contributed by atoms with E-state index in [0.29, 0.717) is 6.54 Å². The van der Waals surface area contributed by atoms with Crippen molar-refractivity contribution in [3.63, 3.8) is 0 Å². The van der Waals surface area contributed by atoms with Gasteiger partial charge in [-0.2, -0.15) is 0 Å². The molecule has 1 atom stereocenters. The first-order valence-corrected chi connectivity index (χ1v) is 10.8. The first kappa shape index (κ1) is 20.0. The lowest BCUT2D eigenvalue weighted by molar-refractivity contribution is -0.159. The van der Waals surface area contributed by atoms with E-state index in [4.69, 9.17) is 4.74 Å². The molecule has 0 aromatic heterocycles. The molecule has 1 saturated carbocycles. The number of nitrogens with zero attached hydrogens (tertiary/aromatic N) is 2. The highest BCUT2D eigenvalue weighted by Crippen LogP contribution is 2.35. The van der Waals surface area contributed by atoms with E-state index in [1.54, 1.807) is 12.0 Å². The first-order chi connectivity index (χ1) is 14.1. The number of amides is 2. The largest absolute Gasteiger partial charge is 0.496 e. The normalized spacial score (nSPS) is 20.4. The molecule has 1 aliphatic heterocycles. The molecule has 2 aliphatic rings. The standard InChI is InChI=1S/C23H25BrN2O3/c1-29-20-12-5-2-7-17(20)14-26-21(27)15-25(19-10-3-4-11-19)23(28)22(26)16-8-6-9-18(24)13-16/h2,5-9,12-13,19,22H,3-4,10-11,14-15H2,1H3. The number of carbonyl (C=O) groups is 2. The molecule has 0 bridgehead atoms. The van der Waals surface area contributed by atoms with Crippen LogP contribution in [-0.2, 0) is 16.1 Å².